The molecule has 178 valence electrons. The normalized spacial score (nSPS) is 15.0. The number of aryl methyl sites for hydroxylation is 1. The molecule has 1 amide bonds. The summed E-state index contributed by atoms with van der Waals surface area (Å²) >= 11 is 0. The van der Waals surface area contributed by atoms with Crippen LogP contribution in [0.25, 0.3) is 0 Å². The van der Waals surface area contributed by atoms with Crippen molar-refractivity contribution in [1.82, 2.24) is 20.3 Å². The molecule has 1 N–H and O–H groups in total. The van der Waals surface area contributed by atoms with Crippen molar-refractivity contribution in [2.24, 2.45) is 0 Å². The zero-order valence-electron chi connectivity index (χ0n) is 19.9. The van der Waals surface area contributed by atoms with E-state index in [1.807, 2.05) is 13.0 Å². The number of nitrogens with zero attached hydrogens (tertiary/aromatic N) is 4. The summed E-state index contributed by atoms with van der Waals surface area (Å²) in [6.45, 7) is 9.41. The molecule has 9 heteroatoms. The fourth-order valence-electron chi connectivity index (χ4n) is 4.13. The largest absolute Gasteiger partial charge is 0.348 e. The van der Waals surface area contributed by atoms with Gasteiger partial charge in [-0.25, -0.2) is 18.4 Å². The van der Waals surface area contributed by atoms with Gasteiger partial charge in [-0.2, -0.15) is 0 Å². The first-order valence-corrected chi connectivity index (χ1v) is 12.9. The third-order valence-electron chi connectivity index (χ3n) is 5.98. The average Bonchev–Trinajstić information content (AvgIpc) is 2.82. The Labute approximate surface area is 200 Å². The Kier molecular flexibility index (Phi) is 6.40. The molecule has 0 fully saturated rings. The summed E-state index contributed by atoms with van der Waals surface area (Å²) in [5.41, 5.74) is 4.02. The van der Waals surface area contributed by atoms with Crippen molar-refractivity contribution < 1.29 is 13.2 Å². The van der Waals surface area contributed by atoms with Crippen LogP contribution in [0, 0.1) is 6.92 Å². The van der Waals surface area contributed by atoms with E-state index in [1.165, 1.54) is 0 Å². The highest BCUT2D eigenvalue weighted by Gasteiger charge is 2.34. The van der Waals surface area contributed by atoms with Crippen LogP contribution in [0.2, 0.25) is 0 Å². The highest BCUT2D eigenvalue weighted by Crippen LogP contribution is 2.33. The van der Waals surface area contributed by atoms with Crippen LogP contribution in [0.15, 0.2) is 53.8 Å². The van der Waals surface area contributed by atoms with Gasteiger partial charge >= 0.3 is 0 Å². The molecule has 4 rings (SSSR count). The molecule has 0 atom stereocenters. The third-order valence-corrected chi connectivity index (χ3v) is 7.73. The number of sulfone groups is 1. The van der Waals surface area contributed by atoms with E-state index in [1.54, 1.807) is 49.8 Å². The summed E-state index contributed by atoms with van der Waals surface area (Å²) in [5, 5.41) is 2.90. The molecule has 8 nitrogen and oxygen atoms in total. The molecule has 0 bridgehead atoms. The van der Waals surface area contributed by atoms with Gasteiger partial charge in [0.2, 0.25) is 5.95 Å². The van der Waals surface area contributed by atoms with Crippen LogP contribution in [0.1, 0.15) is 53.5 Å². The SMILES string of the molecule is CCS(=O)(=O)c1ccc(CNC(=O)c2cnc3c(c2)CN(c2ncc(C)cn2)CC3(C)C)cc1. The molecule has 0 aliphatic carbocycles. The van der Waals surface area contributed by atoms with Crippen molar-refractivity contribution in [3.63, 3.8) is 0 Å². The summed E-state index contributed by atoms with van der Waals surface area (Å²) in [6, 6.07) is 8.47. The van der Waals surface area contributed by atoms with Crippen molar-refractivity contribution in [3.8, 4) is 0 Å². The quantitative estimate of drug-likeness (QED) is 0.579. The Balaban J connectivity index is 1.49. The number of anilines is 1. The number of nitrogens with one attached hydrogen (secondary N) is 1. The second-order valence-corrected chi connectivity index (χ2v) is 11.5. The first kappa shape index (κ1) is 23.8. The van der Waals surface area contributed by atoms with E-state index < -0.39 is 9.84 Å². The number of rotatable bonds is 6. The topological polar surface area (TPSA) is 105 Å². The predicted molar refractivity (Wildman–Crippen MR) is 130 cm³/mol. The second kappa shape index (κ2) is 9.13. The summed E-state index contributed by atoms with van der Waals surface area (Å²) < 4.78 is 23.9. The van der Waals surface area contributed by atoms with Gasteiger partial charge in [-0.15, -0.1) is 0 Å². The van der Waals surface area contributed by atoms with Gasteiger partial charge in [0.25, 0.3) is 5.91 Å². The monoisotopic (exact) mass is 479 g/mol. The molecule has 3 aromatic rings. The van der Waals surface area contributed by atoms with E-state index in [4.69, 9.17) is 0 Å². The Morgan fingerprint density at radius 2 is 1.76 bits per heavy atom. The molecule has 3 heterocycles. The first-order chi connectivity index (χ1) is 16.1. The maximum atomic E-state index is 12.8. The van der Waals surface area contributed by atoms with Crippen LogP contribution in [-0.4, -0.2) is 41.6 Å². The molecule has 0 saturated heterocycles. The van der Waals surface area contributed by atoms with Gasteiger partial charge in [-0.3, -0.25) is 9.78 Å². The number of carbonyl (C=O) groups excluding carboxylic acids is 1. The van der Waals surface area contributed by atoms with Crippen LogP contribution in [0.4, 0.5) is 5.95 Å². The van der Waals surface area contributed by atoms with Gasteiger partial charge in [0, 0.05) is 43.6 Å². The Hall–Kier alpha value is -3.33. The molecule has 1 aliphatic heterocycles. The third kappa shape index (κ3) is 4.94. The maximum Gasteiger partial charge on any atom is 0.253 e. The van der Waals surface area contributed by atoms with Crippen molar-refractivity contribution in [2.45, 2.75) is 51.1 Å². The molecular weight excluding hydrogens is 450 g/mol. The predicted octanol–water partition coefficient (Wildman–Crippen LogP) is 3.20. The van der Waals surface area contributed by atoms with E-state index >= 15 is 0 Å². The molecule has 0 radical (unpaired) electrons. The van der Waals surface area contributed by atoms with Crippen LogP contribution in [0.5, 0.6) is 0 Å². The fraction of sp³-hybridized carbons (Fsp3) is 0.360. The zero-order chi connectivity index (χ0) is 24.5. The van der Waals surface area contributed by atoms with Crippen molar-refractivity contribution in [1.29, 1.82) is 0 Å². The molecule has 1 aromatic carbocycles. The van der Waals surface area contributed by atoms with Crippen LogP contribution < -0.4 is 10.2 Å². The Morgan fingerprint density at radius 3 is 2.41 bits per heavy atom. The summed E-state index contributed by atoms with van der Waals surface area (Å²) in [6.07, 6.45) is 5.22. The summed E-state index contributed by atoms with van der Waals surface area (Å²) in [4.78, 5) is 28.8. The van der Waals surface area contributed by atoms with Crippen LogP contribution in [0.3, 0.4) is 0 Å². The van der Waals surface area contributed by atoms with E-state index in [9.17, 15) is 13.2 Å². The number of amides is 1. The Bertz CT molecular complexity index is 1300. The number of carbonyl (C=O) groups is 1. The van der Waals surface area contributed by atoms with Crippen molar-refractivity contribution in [3.05, 3.63) is 76.9 Å². The summed E-state index contributed by atoms with van der Waals surface area (Å²) in [5.74, 6) is 0.480. The summed E-state index contributed by atoms with van der Waals surface area (Å²) in [7, 11) is -3.24. The number of benzene rings is 1. The molecule has 0 spiro atoms. The van der Waals surface area contributed by atoms with Crippen molar-refractivity contribution >= 4 is 21.7 Å². The number of hydrogen-bond acceptors (Lipinski definition) is 7. The fourth-order valence-corrected chi connectivity index (χ4v) is 5.02. The molecule has 1 aliphatic rings. The lowest BCUT2D eigenvalue weighted by Gasteiger charge is -2.39. The highest BCUT2D eigenvalue weighted by molar-refractivity contribution is 7.91. The minimum Gasteiger partial charge on any atom is -0.348 e. The lowest BCUT2D eigenvalue weighted by molar-refractivity contribution is 0.0950. The van der Waals surface area contributed by atoms with E-state index in [2.05, 4.69) is 39.0 Å². The molecular formula is C25H29N5O3S. The molecule has 34 heavy (non-hydrogen) atoms. The molecule has 0 unspecified atom stereocenters. The zero-order valence-corrected chi connectivity index (χ0v) is 20.7. The number of hydrogen-bond donors (Lipinski definition) is 1. The first-order valence-electron chi connectivity index (χ1n) is 11.2. The maximum absolute atomic E-state index is 12.8. The van der Waals surface area contributed by atoms with Gasteiger partial charge in [-0.1, -0.05) is 32.9 Å². The lowest BCUT2D eigenvalue weighted by Crippen LogP contribution is -2.43. The van der Waals surface area contributed by atoms with Gasteiger partial charge in [-0.05, 0) is 41.8 Å². The standard InChI is InChI=1S/C25H29N5O3S/c1-5-34(32,33)21-8-6-18(7-9-21)13-27-23(31)19-10-20-15-30(24-28-11-17(2)12-29-24)16-25(3,4)22(20)26-14-19/h6-12,14H,5,13,15-16H2,1-4H3,(H,27,31). The minimum atomic E-state index is -3.24. The van der Waals surface area contributed by atoms with Gasteiger partial charge in [0.1, 0.15) is 0 Å². The minimum absolute atomic E-state index is 0.0542. The van der Waals surface area contributed by atoms with Gasteiger partial charge in [0.15, 0.2) is 9.84 Å². The highest BCUT2D eigenvalue weighted by atomic mass is 32.2. The molecule has 2 aromatic heterocycles. The second-order valence-electron chi connectivity index (χ2n) is 9.26. The average molecular weight is 480 g/mol. The number of aromatic nitrogens is 3. The van der Waals surface area contributed by atoms with E-state index in [0.29, 0.717) is 18.1 Å². The van der Waals surface area contributed by atoms with Gasteiger partial charge in [0.05, 0.1) is 21.9 Å². The van der Waals surface area contributed by atoms with Crippen LogP contribution in [-0.2, 0) is 28.3 Å². The smallest absolute Gasteiger partial charge is 0.253 e. The number of pyridine rings is 1. The Morgan fingerprint density at radius 1 is 1.09 bits per heavy atom. The van der Waals surface area contributed by atoms with Crippen LogP contribution >= 0.6 is 0 Å². The molecule has 0 saturated carbocycles. The lowest BCUT2D eigenvalue weighted by atomic mass is 9.82. The van der Waals surface area contributed by atoms with Gasteiger partial charge < -0.3 is 10.2 Å². The number of fused-ring (bicyclic) bond motifs is 1. The van der Waals surface area contributed by atoms with Crippen molar-refractivity contribution in [2.75, 3.05) is 17.2 Å². The van der Waals surface area contributed by atoms with E-state index in [-0.39, 0.29) is 28.5 Å². The van der Waals surface area contributed by atoms with E-state index in [0.717, 1.165) is 28.9 Å².